The zero-order valence-corrected chi connectivity index (χ0v) is 14.4. The summed E-state index contributed by atoms with van der Waals surface area (Å²) in [5.74, 6) is 0.509. The Labute approximate surface area is 142 Å². The summed E-state index contributed by atoms with van der Waals surface area (Å²) in [5.41, 5.74) is 0.924. The largest absolute Gasteiger partial charge is 0.497 e. The van der Waals surface area contributed by atoms with E-state index in [1.165, 1.54) is 18.2 Å². The lowest BCUT2D eigenvalue weighted by Crippen LogP contribution is -2.35. The number of ether oxygens (including phenoxy) is 2. The number of amides is 1. The third-order valence-corrected chi connectivity index (χ3v) is 3.79. The van der Waals surface area contributed by atoms with E-state index in [0.29, 0.717) is 16.8 Å². The van der Waals surface area contributed by atoms with Gasteiger partial charge in [0.25, 0.3) is 5.91 Å². The third-order valence-electron chi connectivity index (χ3n) is 3.17. The summed E-state index contributed by atoms with van der Waals surface area (Å²) >= 11 is 3.21. The molecule has 2 rings (SSSR count). The molecule has 0 aliphatic carbocycles. The third kappa shape index (κ3) is 4.96. The predicted molar refractivity (Wildman–Crippen MR) is 89.0 cm³/mol. The van der Waals surface area contributed by atoms with Crippen LogP contribution in [0.15, 0.2) is 46.9 Å². The van der Waals surface area contributed by atoms with Gasteiger partial charge in [0.1, 0.15) is 17.3 Å². The van der Waals surface area contributed by atoms with E-state index in [0.717, 1.165) is 11.3 Å². The van der Waals surface area contributed by atoms with E-state index in [4.69, 9.17) is 9.47 Å². The maximum absolute atomic E-state index is 13.0. The standard InChI is InChI=1S/C17H17BrFNO3/c1-11(23-16-7-6-13(19)9-15(16)18)17(21)20-10-12-4-3-5-14(8-12)22-2/h3-9,11H,10H2,1-2H3,(H,20,21). The van der Waals surface area contributed by atoms with Crippen LogP contribution in [0.2, 0.25) is 0 Å². The van der Waals surface area contributed by atoms with E-state index < -0.39 is 6.10 Å². The molecule has 1 N–H and O–H groups in total. The molecule has 6 heteroatoms. The molecule has 0 saturated carbocycles. The number of methoxy groups -OCH3 is 1. The van der Waals surface area contributed by atoms with Crippen molar-refractivity contribution >= 4 is 21.8 Å². The van der Waals surface area contributed by atoms with Crippen LogP contribution < -0.4 is 14.8 Å². The highest BCUT2D eigenvalue weighted by Crippen LogP contribution is 2.26. The Bertz CT molecular complexity index is 693. The van der Waals surface area contributed by atoms with Crippen LogP contribution in [-0.2, 0) is 11.3 Å². The van der Waals surface area contributed by atoms with Gasteiger partial charge >= 0.3 is 0 Å². The highest BCUT2D eigenvalue weighted by molar-refractivity contribution is 9.10. The van der Waals surface area contributed by atoms with Crippen molar-refractivity contribution in [3.63, 3.8) is 0 Å². The first-order valence-electron chi connectivity index (χ1n) is 7.02. The predicted octanol–water partition coefficient (Wildman–Crippen LogP) is 3.68. The molecule has 0 aromatic heterocycles. The minimum absolute atomic E-state index is 0.260. The van der Waals surface area contributed by atoms with Crippen molar-refractivity contribution < 1.29 is 18.7 Å². The van der Waals surface area contributed by atoms with Gasteiger partial charge in [-0.3, -0.25) is 4.79 Å². The monoisotopic (exact) mass is 381 g/mol. The van der Waals surface area contributed by atoms with Crippen LogP contribution in [0.1, 0.15) is 12.5 Å². The molecule has 4 nitrogen and oxygen atoms in total. The second-order valence-electron chi connectivity index (χ2n) is 4.90. The Kier molecular flexibility index (Phi) is 5.98. The number of benzene rings is 2. The van der Waals surface area contributed by atoms with Crippen molar-refractivity contribution in [3.05, 3.63) is 58.3 Å². The number of carbonyl (C=O) groups is 1. The molecular weight excluding hydrogens is 365 g/mol. The van der Waals surface area contributed by atoms with Crippen LogP contribution in [0.5, 0.6) is 11.5 Å². The van der Waals surface area contributed by atoms with Gasteiger partial charge < -0.3 is 14.8 Å². The average Bonchev–Trinajstić information content (AvgIpc) is 2.55. The normalized spacial score (nSPS) is 11.7. The Hall–Kier alpha value is -2.08. The van der Waals surface area contributed by atoms with Crippen molar-refractivity contribution in [3.8, 4) is 11.5 Å². The fraction of sp³-hybridized carbons (Fsp3) is 0.235. The second kappa shape index (κ2) is 7.97. The first kappa shape index (κ1) is 17.3. The SMILES string of the molecule is COc1cccc(CNC(=O)C(C)Oc2ccc(F)cc2Br)c1. The highest BCUT2D eigenvalue weighted by Gasteiger charge is 2.16. The Morgan fingerprint density at radius 3 is 2.78 bits per heavy atom. The van der Waals surface area contributed by atoms with Gasteiger partial charge in [-0.1, -0.05) is 12.1 Å². The summed E-state index contributed by atoms with van der Waals surface area (Å²) < 4.78 is 24.2. The lowest BCUT2D eigenvalue weighted by Gasteiger charge is -2.16. The molecule has 0 aliphatic rings. The molecule has 1 atom stereocenters. The molecule has 1 amide bonds. The summed E-state index contributed by atoms with van der Waals surface area (Å²) in [6.07, 6.45) is -0.706. The quantitative estimate of drug-likeness (QED) is 0.829. The van der Waals surface area contributed by atoms with Crippen molar-refractivity contribution in [2.45, 2.75) is 19.6 Å². The highest BCUT2D eigenvalue weighted by atomic mass is 79.9. The van der Waals surface area contributed by atoms with Crippen molar-refractivity contribution in [1.82, 2.24) is 5.32 Å². The summed E-state index contributed by atoms with van der Waals surface area (Å²) in [7, 11) is 1.59. The smallest absolute Gasteiger partial charge is 0.261 e. The van der Waals surface area contributed by atoms with Crippen LogP contribution in [0.4, 0.5) is 4.39 Å². The number of rotatable bonds is 6. The number of hydrogen-bond acceptors (Lipinski definition) is 3. The van der Waals surface area contributed by atoms with E-state index in [1.807, 2.05) is 24.3 Å². The summed E-state index contributed by atoms with van der Waals surface area (Å²) in [5, 5.41) is 2.79. The molecule has 0 saturated heterocycles. The lowest BCUT2D eigenvalue weighted by atomic mass is 10.2. The molecule has 122 valence electrons. The molecule has 0 heterocycles. The van der Waals surface area contributed by atoms with Gasteiger partial charge in [0.15, 0.2) is 6.10 Å². The topological polar surface area (TPSA) is 47.6 Å². The molecule has 0 bridgehead atoms. The van der Waals surface area contributed by atoms with Crippen LogP contribution in [0.25, 0.3) is 0 Å². The molecule has 0 fully saturated rings. The van der Waals surface area contributed by atoms with Crippen molar-refractivity contribution in [2.75, 3.05) is 7.11 Å². The van der Waals surface area contributed by atoms with E-state index in [2.05, 4.69) is 21.2 Å². The number of halogens is 2. The minimum atomic E-state index is -0.706. The van der Waals surface area contributed by atoms with Crippen molar-refractivity contribution in [1.29, 1.82) is 0 Å². The first-order chi connectivity index (χ1) is 11.0. The van der Waals surface area contributed by atoms with Gasteiger partial charge in [0, 0.05) is 6.54 Å². The first-order valence-corrected chi connectivity index (χ1v) is 7.81. The summed E-state index contributed by atoms with van der Waals surface area (Å²) in [6, 6.07) is 11.5. The van der Waals surface area contributed by atoms with E-state index in [-0.39, 0.29) is 11.7 Å². The maximum atomic E-state index is 13.0. The van der Waals surface area contributed by atoms with Gasteiger partial charge in [-0.2, -0.15) is 0 Å². The maximum Gasteiger partial charge on any atom is 0.261 e. The molecular formula is C17H17BrFNO3. The number of carbonyl (C=O) groups excluding carboxylic acids is 1. The molecule has 2 aromatic rings. The van der Waals surface area contributed by atoms with Gasteiger partial charge in [-0.15, -0.1) is 0 Å². The second-order valence-corrected chi connectivity index (χ2v) is 5.76. The molecule has 1 unspecified atom stereocenters. The fourth-order valence-corrected chi connectivity index (χ4v) is 2.37. The average molecular weight is 382 g/mol. The van der Waals surface area contributed by atoms with Crippen molar-refractivity contribution in [2.24, 2.45) is 0 Å². The fourth-order valence-electron chi connectivity index (χ4n) is 1.93. The molecule has 0 radical (unpaired) electrons. The zero-order chi connectivity index (χ0) is 16.8. The van der Waals surface area contributed by atoms with Gasteiger partial charge in [0.05, 0.1) is 11.6 Å². The number of hydrogen-bond donors (Lipinski definition) is 1. The number of nitrogens with one attached hydrogen (secondary N) is 1. The van der Waals surface area contributed by atoms with Crippen LogP contribution in [0, 0.1) is 5.82 Å². The van der Waals surface area contributed by atoms with E-state index in [9.17, 15) is 9.18 Å². The summed E-state index contributed by atoms with van der Waals surface area (Å²) in [4.78, 5) is 12.1. The Morgan fingerprint density at radius 1 is 1.30 bits per heavy atom. The zero-order valence-electron chi connectivity index (χ0n) is 12.8. The Morgan fingerprint density at radius 2 is 2.09 bits per heavy atom. The Balaban J connectivity index is 1.92. The van der Waals surface area contributed by atoms with Gasteiger partial charge in [0.2, 0.25) is 0 Å². The molecule has 2 aromatic carbocycles. The van der Waals surface area contributed by atoms with Gasteiger partial charge in [-0.25, -0.2) is 4.39 Å². The van der Waals surface area contributed by atoms with Gasteiger partial charge in [-0.05, 0) is 58.7 Å². The molecule has 0 spiro atoms. The summed E-state index contributed by atoms with van der Waals surface area (Å²) in [6.45, 7) is 2.00. The molecule has 23 heavy (non-hydrogen) atoms. The molecule has 0 aliphatic heterocycles. The lowest BCUT2D eigenvalue weighted by molar-refractivity contribution is -0.127. The van der Waals surface area contributed by atoms with E-state index >= 15 is 0 Å². The van der Waals surface area contributed by atoms with E-state index in [1.54, 1.807) is 14.0 Å². The van der Waals surface area contributed by atoms with Crippen LogP contribution in [-0.4, -0.2) is 19.1 Å². The van der Waals surface area contributed by atoms with Crippen LogP contribution >= 0.6 is 15.9 Å². The minimum Gasteiger partial charge on any atom is -0.497 e. The van der Waals surface area contributed by atoms with Crippen LogP contribution in [0.3, 0.4) is 0 Å².